The normalized spacial score (nSPS) is 10.5. The lowest BCUT2D eigenvalue weighted by atomic mass is 10.6. The second kappa shape index (κ2) is 3.98. The van der Waals surface area contributed by atoms with Crippen LogP contribution in [0.25, 0.3) is 0 Å². The summed E-state index contributed by atoms with van der Waals surface area (Å²) in [5, 5.41) is 2.07. The molecule has 0 spiro atoms. The molecular weight excluding hydrogens is 202 g/mol. The van der Waals surface area contributed by atoms with Crippen molar-refractivity contribution in [3.63, 3.8) is 0 Å². The number of aryl methyl sites for hydroxylation is 1. The van der Waals surface area contributed by atoms with E-state index in [9.17, 15) is 0 Å². The van der Waals surface area contributed by atoms with Crippen LogP contribution in [0.3, 0.4) is 0 Å². The van der Waals surface area contributed by atoms with Gasteiger partial charge in [0.25, 0.3) is 0 Å². The van der Waals surface area contributed by atoms with Crippen LogP contribution < -0.4 is 0 Å². The lowest BCUT2D eigenvalue weighted by Gasteiger charge is -1.92. The first kappa shape index (κ1) is 8.84. The summed E-state index contributed by atoms with van der Waals surface area (Å²) in [6.07, 6.45) is 1.75. The summed E-state index contributed by atoms with van der Waals surface area (Å²) in [5.74, 6) is 2.49. The van der Waals surface area contributed by atoms with E-state index in [2.05, 4.69) is 16.4 Å². The minimum absolute atomic E-state index is 0.802. The lowest BCUT2D eigenvalue weighted by Crippen LogP contribution is -1.76. The van der Waals surface area contributed by atoms with E-state index >= 15 is 0 Å². The molecule has 0 saturated carbocycles. The second-order valence-corrected chi connectivity index (χ2v) is 4.81. The van der Waals surface area contributed by atoms with E-state index < -0.39 is 0 Å². The van der Waals surface area contributed by atoms with E-state index in [0.29, 0.717) is 0 Å². The molecule has 0 aliphatic carbocycles. The predicted octanol–water partition coefficient (Wildman–Crippen LogP) is 3.34. The molecule has 2 aromatic rings. The molecule has 0 bridgehead atoms. The number of nitrogens with zero attached hydrogens (tertiary/aromatic N) is 1. The number of thiophene rings is 1. The van der Waals surface area contributed by atoms with Crippen molar-refractivity contribution in [3.05, 3.63) is 35.4 Å². The molecule has 0 aliphatic rings. The highest BCUT2D eigenvalue weighted by atomic mass is 32.2. The Bertz CT molecular complexity index is 367. The van der Waals surface area contributed by atoms with Gasteiger partial charge in [0, 0.05) is 0 Å². The van der Waals surface area contributed by atoms with Gasteiger partial charge >= 0.3 is 0 Å². The molecule has 2 nitrogen and oxygen atoms in total. The van der Waals surface area contributed by atoms with Crippen LogP contribution in [0.5, 0.6) is 0 Å². The summed E-state index contributed by atoms with van der Waals surface area (Å²) >= 11 is 3.50. The quantitative estimate of drug-likeness (QED) is 0.728. The van der Waals surface area contributed by atoms with Crippen LogP contribution in [-0.4, -0.2) is 4.98 Å². The molecule has 4 heteroatoms. The first-order chi connectivity index (χ1) is 6.34. The van der Waals surface area contributed by atoms with E-state index in [1.807, 2.05) is 13.0 Å². The van der Waals surface area contributed by atoms with Crippen molar-refractivity contribution in [3.8, 4) is 0 Å². The molecule has 0 fully saturated rings. The maximum Gasteiger partial charge on any atom is 0.204 e. The van der Waals surface area contributed by atoms with Crippen LogP contribution in [0.2, 0.25) is 0 Å². The monoisotopic (exact) mass is 211 g/mol. The highest BCUT2D eigenvalue weighted by Gasteiger charge is 2.01. The largest absolute Gasteiger partial charge is 0.445 e. The van der Waals surface area contributed by atoms with Gasteiger partial charge in [-0.15, -0.1) is 23.1 Å². The first-order valence-electron chi connectivity index (χ1n) is 3.92. The molecule has 2 aromatic heterocycles. The molecule has 0 amide bonds. The van der Waals surface area contributed by atoms with Gasteiger partial charge in [-0.3, -0.25) is 0 Å². The zero-order valence-corrected chi connectivity index (χ0v) is 8.82. The molecule has 0 aliphatic heterocycles. The fourth-order valence-corrected chi connectivity index (χ4v) is 2.58. The van der Waals surface area contributed by atoms with E-state index in [1.54, 1.807) is 29.3 Å². The third-order valence-corrected chi connectivity index (χ3v) is 3.62. The maximum absolute atomic E-state index is 5.35. The summed E-state index contributed by atoms with van der Waals surface area (Å²) in [4.78, 5) is 4.13. The van der Waals surface area contributed by atoms with E-state index in [1.165, 1.54) is 4.21 Å². The predicted molar refractivity (Wildman–Crippen MR) is 55.1 cm³/mol. The van der Waals surface area contributed by atoms with Gasteiger partial charge in [-0.25, -0.2) is 4.98 Å². The Morgan fingerprint density at radius 2 is 2.54 bits per heavy atom. The topological polar surface area (TPSA) is 26.0 Å². The molecule has 0 radical (unpaired) electrons. The van der Waals surface area contributed by atoms with Gasteiger partial charge in [-0.05, 0) is 18.4 Å². The third-order valence-electron chi connectivity index (χ3n) is 1.50. The van der Waals surface area contributed by atoms with Crippen molar-refractivity contribution in [2.24, 2.45) is 0 Å². The molecule has 0 N–H and O–H groups in total. The van der Waals surface area contributed by atoms with Crippen molar-refractivity contribution in [2.75, 3.05) is 0 Å². The standard InChI is InChI=1S/C9H9NOS2/c1-7-5-10-8(11-7)6-13-9-3-2-4-12-9/h2-5H,6H2,1H3. The molecule has 0 saturated heterocycles. The first-order valence-corrected chi connectivity index (χ1v) is 5.79. The third kappa shape index (κ3) is 2.35. The summed E-state index contributed by atoms with van der Waals surface area (Å²) in [6, 6.07) is 4.15. The minimum atomic E-state index is 0.802. The zero-order valence-electron chi connectivity index (χ0n) is 7.19. The Hall–Kier alpha value is -0.740. The van der Waals surface area contributed by atoms with Crippen LogP contribution in [0.1, 0.15) is 11.7 Å². The lowest BCUT2D eigenvalue weighted by molar-refractivity contribution is 0.490. The van der Waals surface area contributed by atoms with Gasteiger partial charge in [-0.1, -0.05) is 6.07 Å². The smallest absolute Gasteiger partial charge is 0.204 e. The van der Waals surface area contributed by atoms with Gasteiger partial charge in [-0.2, -0.15) is 0 Å². The average molecular weight is 211 g/mol. The van der Waals surface area contributed by atoms with E-state index in [0.717, 1.165) is 17.4 Å². The molecule has 0 aromatic carbocycles. The van der Waals surface area contributed by atoms with Crippen LogP contribution in [-0.2, 0) is 5.75 Å². The number of rotatable bonds is 3. The van der Waals surface area contributed by atoms with Crippen molar-refractivity contribution in [2.45, 2.75) is 16.9 Å². The Morgan fingerprint density at radius 3 is 3.15 bits per heavy atom. The van der Waals surface area contributed by atoms with Gasteiger partial charge < -0.3 is 4.42 Å². The fourth-order valence-electron chi connectivity index (χ4n) is 0.947. The molecule has 13 heavy (non-hydrogen) atoms. The highest BCUT2D eigenvalue weighted by molar-refractivity contribution is 8.00. The molecule has 0 unspecified atom stereocenters. The van der Waals surface area contributed by atoms with Crippen LogP contribution >= 0.6 is 23.1 Å². The van der Waals surface area contributed by atoms with Crippen molar-refractivity contribution in [1.82, 2.24) is 4.98 Å². The number of thioether (sulfide) groups is 1. The van der Waals surface area contributed by atoms with Gasteiger partial charge in [0.1, 0.15) is 5.76 Å². The fraction of sp³-hybridized carbons (Fsp3) is 0.222. The molecule has 68 valence electrons. The number of hydrogen-bond acceptors (Lipinski definition) is 4. The molecular formula is C9H9NOS2. The SMILES string of the molecule is Cc1cnc(CSc2cccs2)o1. The van der Waals surface area contributed by atoms with Gasteiger partial charge in [0.05, 0.1) is 16.2 Å². The Kier molecular flexibility index (Phi) is 2.71. The summed E-state index contributed by atoms with van der Waals surface area (Å²) < 4.78 is 6.66. The van der Waals surface area contributed by atoms with Crippen molar-refractivity contribution in [1.29, 1.82) is 0 Å². The van der Waals surface area contributed by atoms with Gasteiger partial charge in [0.2, 0.25) is 5.89 Å². The molecule has 2 rings (SSSR count). The van der Waals surface area contributed by atoms with E-state index in [-0.39, 0.29) is 0 Å². The Balaban J connectivity index is 1.93. The van der Waals surface area contributed by atoms with E-state index in [4.69, 9.17) is 4.42 Å². The Labute approximate surface area is 85.0 Å². The number of oxazole rings is 1. The van der Waals surface area contributed by atoms with Crippen molar-refractivity contribution < 1.29 is 4.42 Å². The van der Waals surface area contributed by atoms with Crippen LogP contribution in [0, 0.1) is 6.92 Å². The molecule has 0 atom stereocenters. The number of aromatic nitrogens is 1. The summed E-state index contributed by atoms with van der Waals surface area (Å²) in [5.41, 5.74) is 0. The second-order valence-electron chi connectivity index (χ2n) is 2.59. The number of hydrogen-bond donors (Lipinski definition) is 0. The van der Waals surface area contributed by atoms with Crippen molar-refractivity contribution >= 4 is 23.1 Å². The average Bonchev–Trinajstić information content (AvgIpc) is 2.71. The van der Waals surface area contributed by atoms with Gasteiger partial charge in [0.15, 0.2) is 0 Å². The minimum Gasteiger partial charge on any atom is -0.445 e. The molecule has 2 heterocycles. The van der Waals surface area contributed by atoms with Crippen LogP contribution in [0.15, 0.2) is 32.3 Å². The summed E-state index contributed by atoms with van der Waals surface area (Å²) in [7, 11) is 0. The van der Waals surface area contributed by atoms with Crippen LogP contribution in [0.4, 0.5) is 0 Å². The zero-order chi connectivity index (χ0) is 9.10. The maximum atomic E-state index is 5.35. The highest BCUT2D eigenvalue weighted by Crippen LogP contribution is 2.26. The Morgan fingerprint density at radius 1 is 1.62 bits per heavy atom. The summed E-state index contributed by atoms with van der Waals surface area (Å²) in [6.45, 7) is 1.91.